The molecule has 1 aliphatic heterocycles. The van der Waals surface area contributed by atoms with Gasteiger partial charge in [0.1, 0.15) is 0 Å². The molecule has 3 rings (SSSR count). The number of anilines is 1. The molecule has 1 atom stereocenters. The number of nitrogens with zero attached hydrogens (tertiary/aromatic N) is 3. The largest absolute Gasteiger partial charge is 0.366 e. The predicted molar refractivity (Wildman–Crippen MR) is 123 cm³/mol. The van der Waals surface area contributed by atoms with Crippen molar-refractivity contribution in [3.63, 3.8) is 0 Å². The van der Waals surface area contributed by atoms with Crippen molar-refractivity contribution in [2.24, 2.45) is 10.7 Å². The fraction of sp³-hybridized carbons (Fsp3) is 0.350. The highest BCUT2D eigenvalue weighted by Crippen LogP contribution is 2.20. The molecular formula is C20H26FIN6O. The molecule has 2 aromatic rings. The van der Waals surface area contributed by atoms with Gasteiger partial charge in [0, 0.05) is 37.4 Å². The summed E-state index contributed by atoms with van der Waals surface area (Å²) in [5.41, 5.74) is 6.72. The molecule has 29 heavy (non-hydrogen) atoms. The molecule has 1 saturated heterocycles. The molecule has 1 fully saturated rings. The topological polar surface area (TPSA) is 95.6 Å². The van der Waals surface area contributed by atoms with Crippen LogP contribution in [0.5, 0.6) is 0 Å². The normalized spacial score (nSPS) is 16.3. The summed E-state index contributed by atoms with van der Waals surface area (Å²) in [6, 6.07) is 10.3. The number of nitrogens with two attached hydrogens (primary N) is 1. The van der Waals surface area contributed by atoms with Gasteiger partial charge in [-0.2, -0.15) is 0 Å². The van der Waals surface area contributed by atoms with E-state index in [0.29, 0.717) is 30.4 Å². The summed E-state index contributed by atoms with van der Waals surface area (Å²) in [6.45, 7) is 4.60. The summed E-state index contributed by atoms with van der Waals surface area (Å²) in [5.74, 6) is 0.349. The predicted octanol–water partition coefficient (Wildman–Crippen LogP) is 2.27. The summed E-state index contributed by atoms with van der Waals surface area (Å²) in [7, 11) is 0. The number of primary amides is 1. The Labute approximate surface area is 187 Å². The average molecular weight is 512 g/mol. The van der Waals surface area contributed by atoms with Crippen LogP contribution in [0.1, 0.15) is 29.3 Å². The van der Waals surface area contributed by atoms with Gasteiger partial charge in [-0.05, 0) is 43.2 Å². The number of hydrogen-bond acceptors (Lipinski definition) is 4. The van der Waals surface area contributed by atoms with Crippen LogP contribution < -0.4 is 21.3 Å². The van der Waals surface area contributed by atoms with Gasteiger partial charge >= 0.3 is 0 Å². The smallest absolute Gasteiger partial charge is 0.248 e. The number of pyridine rings is 1. The SMILES string of the molecule is CCNC(=NCc1ccc(C(N)=O)cc1)NC1CCN(c2ncccc2F)C1.I. The number of guanidine groups is 1. The fourth-order valence-corrected chi connectivity index (χ4v) is 3.14. The van der Waals surface area contributed by atoms with E-state index in [1.165, 1.54) is 6.07 Å². The molecule has 156 valence electrons. The molecule has 0 aliphatic carbocycles. The van der Waals surface area contributed by atoms with Crippen LogP contribution in [0.4, 0.5) is 10.2 Å². The molecule has 1 amide bonds. The van der Waals surface area contributed by atoms with E-state index in [-0.39, 0.29) is 35.8 Å². The van der Waals surface area contributed by atoms with E-state index < -0.39 is 5.91 Å². The van der Waals surface area contributed by atoms with E-state index in [9.17, 15) is 9.18 Å². The second kappa shape index (κ2) is 10.9. The van der Waals surface area contributed by atoms with Gasteiger partial charge < -0.3 is 21.3 Å². The molecule has 0 bridgehead atoms. The van der Waals surface area contributed by atoms with E-state index >= 15 is 0 Å². The standard InChI is InChI=1S/C20H25FN6O.HI/c1-2-23-20(25-12-14-5-7-15(8-6-14)18(22)28)26-16-9-11-27(13-16)19-17(21)4-3-10-24-19;/h3-8,10,16H,2,9,11-13H2,1H3,(H2,22,28)(H2,23,25,26);1H. The molecule has 0 spiro atoms. The van der Waals surface area contributed by atoms with Gasteiger partial charge in [-0.15, -0.1) is 24.0 Å². The molecule has 9 heteroatoms. The number of benzene rings is 1. The van der Waals surface area contributed by atoms with Crippen LogP contribution in [0, 0.1) is 5.82 Å². The number of carbonyl (C=O) groups is 1. The molecular weight excluding hydrogens is 486 g/mol. The Morgan fingerprint density at radius 2 is 2.10 bits per heavy atom. The van der Waals surface area contributed by atoms with Gasteiger partial charge in [0.15, 0.2) is 17.6 Å². The highest BCUT2D eigenvalue weighted by molar-refractivity contribution is 14.0. The number of rotatable bonds is 6. The molecule has 0 saturated carbocycles. The van der Waals surface area contributed by atoms with E-state index in [4.69, 9.17) is 5.73 Å². The Bertz CT molecular complexity index is 845. The van der Waals surface area contributed by atoms with Crippen LogP contribution in [-0.4, -0.2) is 42.5 Å². The van der Waals surface area contributed by atoms with Crippen molar-refractivity contribution in [1.29, 1.82) is 0 Å². The zero-order chi connectivity index (χ0) is 19.9. The lowest BCUT2D eigenvalue weighted by Crippen LogP contribution is -2.44. The Morgan fingerprint density at radius 1 is 1.34 bits per heavy atom. The fourth-order valence-electron chi connectivity index (χ4n) is 3.14. The van der Waals surface area contributed by atoms with Crippen LogP contribution in [0.15, 0.2) is 47.6 Å². The molecule has 0 radical (unpaired) electrons. The van der Waals surface area contributed by atoms with Crippen LogP contribution in [0.3, 0.4) is 0 Å². The minimum atomic E-state index is -0.444. The van der Waals surface area contributed by atoms with Crippen molar-refractivity contribution in [2.45, 2.75) is 25.9 Å². The van der Waals surface area contributed by atoms with E-state index in [2.05, 4.69) is 20.6 Å². The van der Waals surface area contributed by atoms with Crippen molar-refractivity contribution < 1.29 is 9.18 Å². The average Bonchev–Trinajstić information content (AvgIpc) is 3.15. The lowest BCUT2D eigenvalue weighted by molar-refractivity contribution is 0.100. The minimum Gasteiger partial charge on any atom is -0.366 e. The number of halogens is 2. The van der Waals surface area contributed by atoms with Gasteiger partial charge in [0.2, 0.25) is 5.91 Å². The van der Waals surface area contributed by atoms with Crippen molar-refractivity contribution >= 4 is 41.7 Å². The first-order valence-corrected chi connectivity index (χ1v) is 9.36. The third kappa shape index (κ3) is 6.28. The summed E-state index contributed by atoms with van der Waals surface area (Å²) in [4.78, 5) is 21.9. The third-order valence-electron chi connectivity index (χ3n) is 4.57. The maximum absolute atomic E-state index is 13.9. The lowest BCUT2D eigenvalue weighted by atomic mass is 10.1. The van der Waals surface area contributed by atoms with Crippen LogP contribution in [0.25, 0.3) is 0 Å². The minimum absolute atomic E-state index is 0. The number of aromatic nitrogens is 1. The lowest BCUT2D eigenvalue weighted by Gasteiger charge is -2.20. The second-order valence-electron chi connectivity index (χ2n) is 6.64. The van der Waals surface area contributed by atoms with Gasteiger partial charge in [-0.25, -0.2) is 14.4 Å². The van der Waals surface area contributed by atoms with E-state index in [0.717, 1.165) is 25.1 Å². The molecule has 1 aromatic heterocycles. The van der Waals surface area contributed by atoms with Crippen molar-refractivity contribution in [3.8, 4) is 0 Å². The second-order valence-corrected chi connectivity index (χ2v) is 6.64. The van der Waals surface area contributed by atoms with Gasteiger partial charge in [0.25, 0.3) is 0 Å². The number of aliphatic imine (C=N–C) groups is 1. The quantitative estimate of drug-likeness (QED) is 0.314. The monoisotopic (exact) mass is 512 g/mol. The number of nitrogens with one attached hydrogen (secondary N) is 2. The Morgan fingerprint density at radius 3 is 2.76 bits per heavy atom. The molecule has 2 heterocycles. The van der Waals surface area contributed by atoms with Crippen molar-refractivity contribution in [1.82, 2.24) is 15.6 Å². The maximum atomic E-state index is 13.9. The van der Waals surface area contributed by atoms with Crippen LogP contribution >= 0.6 is 24.0 Å². The number of hydrogen-bond donors (Lipinski definition) is 3. The van der Waals surface area contributed by atoms with Crippen LogP contribution in [0.2, 0.25) is 0 Å². The first-order valence-electron chi connectivity index (χ1n) is 9.36. The number of carbonyl (C=O) groups excluding carboxylic acids is 1. The first-order chi connectivity index (χ1) is 13.6. The van der Waals surface area contributed by atoms with Crippen LogP contribution in [-0.2, 0) is 6.54 Å². The number of amides is 1. The van der Waals surface area contributed by atoms with Gasteiger partial charge in [-0.1, -0.05) is 12.1 Å². The highest BCUT2D eigenvalue weighted by atomic mass is 127. The summed E-state index contributed by atoms with van der Waals surface area (Å²) in [5, 5.41) is 6.64. The zero-order valence-electron chi connectivity index (χ0n) is 16.3. The van der Waals surface area contributed by atoms with Gasteiger partial charge in [-0.3, -0.25) is 4.79 Å². The Balaban J connectivity index is 0.00000300. The molecule has 7 nitrogen and oxygen atoms in total. The summed E-state index contributed by atoms with van der Waals surface area (Å²) >= 11 is 0. The molecule has 1 aromatic carbocycles. The summed E-state index contributed by atoms with van der Waals surface area (Å²) < 4.78 is 13.9. The van der Waals surface area contributed by atoms with Crippen molar-refractivity contribution in [3.05, 3.63) is 59.5 Å². The van der Waals surface area contributed by atoms with E-state index in [1.807, 2.05) is 24.0 Å². The van der Waals surface area contributed by atoms with Gasteiger partial charge in [0.05, 0.1) is 6.54 Å². The highest BCUT2D eigenvalue weighted by Gasteiger charge is 2.25. The van der Waals surface area contributed by atoms with E-state index in [1.54, 1.807) is 24.4 Å². The Kier molecular flexibility index (Phi) is 8.62. The molecule has 1 unspecified atom stereocenters. The summed E-state index contributed by atoms with van der Waals surface area (Å²) in [6.07, 6.45) is 2.47. The third-order valence-corrected chi connectivity index (χ3v) is 4.57. The van der Waals surface area contributed by atoms with Crippen molar-refractivity contribution in [2.75, 3.05) is 24.5 Å². The zero-order valence-corrected chi connectivity index (χ0v) is 18.6. The maximum Gasteiger partial charge on any atom is 0.248 e. The Hall–Kier alpha value is -2.43. The first kappa shape index (κ1) is 22.9. The molecule has 1 aliphatic rings. The molecule has 4 N–H and O–H groups in total.